The van der Waals surface area contributed by atoms with Gasteiger partial charge in [-0.2, -0.15) is 0 Å². The van der Waals surface area contributed by atoms with Crippen LogP contribution in [0.5, 0.6) is 0 Å². The van der Waals surface area contributed by atoms with E-state index in [-0.39, 0.29) is 6.54 Å². The molecule has 1 rings (SSSR count). The maximum atomic E-state index is 12.1. The van der Waals surface area contributed by atoms with Crippen LogP contribution in [0, 0.1) is 0 Å². The molecule has 138 valence electrons. The van der Waals surface area contributed by atoms with Crippen LogP contribution in [-0.2, 0) is 14.8 Å². The van der Waals surface area contributed by atoms with Crippen molar-refractivity contribution in [3.63, 3.8) is 0 Å². The highest BCUT2D eigenvalue weighted by Crippen LogP contribution is 2.26. The molecule has 0 bridgehead atoms. The number of unbranched alkanes of at least 4 members (excludes halogenated alkanes) is 5. The molecule has 0 aromatic heterocycles. The lowest BCUT2D eigenvalue weighted by Gasteiger charge is -2.18. The highest BCUT2D eigenvalue weighted by atomic mass is 32.2. The van der Waals surface area contributed by atoms with Crippen LogP contribution in [-0.4, -0.2) is 71.8 Å². The predicted octanol–water partition coefficient (Wildman–Crippen LogP) is -0.934. The van der Waals surface area contributed by atoms with Crippen molar-refractivity contribution in [1.82, 2.24) is 4.72 Å². The molecule has 23 heavy (non-hydrogen) atoms. The van der Waals surface area contributed by atoms with Gasteiger partial charge >= 0.3 is 0 Å². The summed E-state index contributed by atoms with van der Waals surface area (Å²) in [6, 6.07) is 0. The molecule has 1 aliphatic heterocycles. The first-order valence-electron chi connectivity index (χ1n) is 8.14. The fourth-order valence-corrected chi connectivity index (χ4v) is 3.95. The van der Waals surface area contributed by atoms with Gasteiger partial charge in [0.15, 0.2) is 0 Å². The van der Waals surface area contributed by atoms with E-state index in [0.717, 1.165) is 25.7 Å². The second-order valence-corrected chi connectivity index (χ2v) is 7.75. The number of aliphatic hydroxyl groups is 4. The van der Waals surface area contributed by atoms with Crippen LogP contribution < -0.4 is 4.72 Å². The summed E-state index contributed by atoms with van der Waals surface area (Å²) >= 11 is 0. The Morgan fingerprint density at radius 3 is 2.30 bits per heavy atom. The van der Waals surface area contributed by atoms with Gasteiger partial charge in [-0.15, -0.1) is 0 Å². The van der Waals surface area contributed by atoms with Gasteiger partial charge in [0.2, 0.25) is 15.5 Å². The van der Waals surface area contributed by atoms with Crippen molar-refractivity contribution in [2.45, 2.75) is 75.3 Å². The second-order valence-electron chi connectivity index (χ2n) is 5.91. The number of ether oxygens (including phenoxy) is 1. The highest BCUT2D eigenvalue weighted by molar-refractivity contribution is 7.90. The summed E-state index contributed by atoms with van der Waals surface area (Å²) in [7, 11) is -3.99. The van der Waals surface area contributed by atoms with E-state index in [9.17, 15) is 23.7 Å². The molecule has 1 fully saturated rings. The van der Waals surface area contributed by atoms with Crippen molar-refractivity contribution in [1.29, 1.82) is 0 Å². The third-order valence-corrected chi connectivity index (χ3v) is 5.57. The predicted molar refractivity (Wildman–Crippen MR) is 84.1 cm³/mol. The van der Waals surface area contributed by atoms with Gasteiger partial charge in [0.1, 0.15) is 24.4 Å². The first-order valence-corrected chi connectivity index (χ1v) is 9.68. The molecule has 1 saturated heterocycles. The average Bonchev–Trinajstić information content (AvgIpc) is 2.82. The van der Waals surface area contributed by atoms with E-state index in [2.05, 4.69) is 11.6 Å². The minimum Gasteiger partial charge on any atom is -0.394 e. The molecule has 0 saturated carbocycles. The minimum atomic E-state index is -3.99. The summed E-state index contributed by atoms with van der Waals surface area (Å²) in [6.45, 7) is 1.65. The Morgan fingerprint density at radius 2 is 1.70 bits per heavy atom. The summed E-state index contributed by atoms with van der Waals surface area (Å²) in [5.74, 6) is 0. The largest absolute Gasteiger partial charge is 0.394 e. The standard InChI is InChI=1S/C14H29NO7S/c1-2-3-4-5-6-7-8-15-23(20,21)14-12(19)11(18)13(22-14)10(17)9-16/h10-19H,2-9H2,1H3/t10-,11+,12+,13+,14-/m0/s1. The Balaban J connectivity index is 2.44. The van der Waals surface area contributed by atoms with E-state index in [1.165, 1.54) is 6.42 Å². The maximum Gasteiger partial charge on any atom is 0.241 e. The van der Waals surface area contributed by atoms with Gasteiger partial charge in [-0.25, -0.2) is 13.1 Å². The zero-order chi connectivity index (χ0) is 17.5. The van der Waals surface area contributed by atoms with Crippen molar-refractivity contribution in [3.8, 4) is 0 Å². The Labute approximate surface area is 137 Å². The van der Waals surface area contributed by atoms with E-state index >= 15 is 0 Å². The Bertz CT molecular complexity index is 431. The van der Waals surface area contributed by atoms with Gasteiger partial charge in [-0.3, -0.25) is 0 Å². The molecule has 0 aromatic carbocycles. The van der Waals surface area contributed by atoms with Crippen LogP contribution in [0.3, 0.4) is 0 Å². The number of nitrogens with one attached hydrogen (secondary N) is 1. The smallest absolute Gasteiger partial charge is 0.241 e. The zero-order valence-corrected chi connectivity index (χ0v) is 14.3. The second kappa shape index (κ2) is 9.87. The molecule has 0 unspecified atom stereocenters. The molecule has 5 atom stereocenters. The molecule has 0 aromatic rings. The fourth-order valence-electron chi connectivity index (χ4n) is 2.55. The summed E-state index contributed by atoms with van der Waals surface area (Å²) < 4.78 is 31.7. The summed E-state index contributed by atoms with van der Waals surface area (Å²) in [4.78, 5) is 0. The third-order valence-electron chi connectivity index (χ3n) is 3.96. The molecular weight excluding hydrogens is 326 g/mol. The highest BCUT2D eigenvalue weighted by Gasteiger charge is 2.51. The summed E-state index contributed by atoms with van der Waals surface area (Å²) in [5, 5.41) is 37.9. The molecule has 0 amide bonds. The van der Waals surface area contributed by atoms with E-state index in [0.29, 0.717) is 6.42 Å². The van der Waals surface area contributed by atoms with Crippen LogP contribution in [0.25, 0.3) is 0 Å². The molecule has 1 aliphatic rings. The Morgan fingerprint density at radius 1 is 1.09 bits per heavy atom. The third kappa shape index (κ3) is 5.93. The first-order chi connectivity index (χ1) is 10.8. The number of aliphatic hydroxyl groups excluding tert-OH is 4. The lowest BCUT2D eigenvalue weighted by atomic mass is 10.1. The van der Waals surface area contributed by atoms with Gasteiger partial charge in [-0.1, -0.05) is 39.0 Å². The van der Waals surface area contributed by atoms with Gasteiger partial charge in [0.25, 0.3) is 0 Å². The number of hydrogen-bond donors (Lipinski definition) is 5. The quantitative estimate of drug-likeness (QED) is 0.302. The Kier molecular flexibility index (Phi) is 8.91. The summed E-state index contributed by atoms with van der Waals surface area (Å²) in [5.41, 5.74) is -1.66. The number of sulfonamides is 1. The van der Waals surface area contributed by atoms with Crippen LogP contribution in [0.4, 0.5) is 0 Å². The van der Waals surface area contributed by atoms with E-state index in [1.54, 1.807) is 0 Å². The van der Waals surface area contributed by atoms with E-state index in [4.69, 9.17) is 9.84 Å². The lowest BCUT2D eigenvalue weighted by molar-refractivity contribution is -0.0721. The van der Waals surface area contributed by atoms with Crippen molar-refractivity contribution in [2.24, 2.45) is 0 Å². The van der Waals surface area contributed by atoms with Gasteiger partial charge in [0.05, 0.1) is 6.61 Å². The van der Waals surface area contributed by atoms with Crippen molar-refractivity contribution in [3.05, 3.63) is 0 Å². The minimum absolute atomic E-state index is 0.227. The monoisotopic (exact) mass is 355 g/mol. The number of rotatable bonds is 11. The molecule has 5 N–H and O–H groups in total. The normalized spacial score (nSPS) is 29.8. The molecule has 1 heterocycles. The number of hydrogen-bond acceptors (Lipinski definition) is 7. The molecule has 0 spiro atoms. The molecule has 0 radical (unpaired) electrons. The van der Waals surface area contributed by atoms with Gasteiger partial charge < -0.3 is 25.2 Å². The van der Waals surface area contributed by atoms with Crippen LogP contribution in [0.15, 0.2) is 0 Å². The zero-order valence-electron chi connectivity index (χ0n) is 13.5. The molecular formula is C14H29NO7S. The maximum absolute atomic E-state index is 12.1. The van der Waals surface area contributed by atoms with Crippen molar-refractivity contribution in [2.75, 3.05) is 13.2 Å². The van der Waals surface area contributed by atoms with Crippen molar-refractivity contribution >= 4 is 10.0 Å². The lowest BCUT2D eigenvalue weighted by Crippen LogP contribution is -2.43. The van der Waals surface area contributed by atoms with Crippen LogP contribution in [0.1, 0.15) is 45.4 Å². The first kappa shape index (κ1) is 20.8. The SMILES string of the molecule is CCCCCCCCNS(=O)(=O)[C@@H]1O[C@H]([C@@H](O)CO)[C@H](O)[C@H]1O. The van der Waals surface area contributed by atoms with Crippen LogP contribution in [0.2, 0.25) is 0 Å². The van der Waals surface area contributed by atoms with E-state index in [1.807, 2.05) is 0 Å². The van der Waals surface area contributed by atoms with Crippen LogP contribution >= 0.6 is 0 Å². The molecule has 0 aliphatic carbocycles. The molecule has 8 nitrogen and oxygen atoms in total. The Hall–Kier alpha value is -0.290. The average molecular weight is 355 g/mol. The van der Waals surface area contributed by atoms with Crippen molar-refractivity contribution < 1.29 is 33.6 Å². The topological polar surface area (TPSA) is 136 Å². The fraction of sp³-hybridized carbons (Fsp3) is 1.00. The van der Waals surface area contributed by atoms with E-state index < -0.39 is 46.5 Å². The van der Waals surface area contributed by atoms with Gasteiger partial charge in [-0.05, 0) is 6.42 Å². The summed E-state index contributed by atoms with van der Waals surface area (Å²) in [6.07, 6.45) is 0.0113. The molecule has 9 heteroatoms. The van der Waals surface area contributed by atoms with Gasteiger partial charge in [0, 0.05) is 6.54 Å².